The molecule has 0 radical (unpaired) electrons. The van der Waals surface area contributed by atoms with Gasteiger partial charge in [-0.15, -0.1) is 0 Å². The molecule has 0 unspecified atom stereocenters. The maximum absolute atomic E-state index is 10.6. The van der Waals surface area contributed by atoms with Gasteiger partial charge in [0.05, 0.1) is 0 Å². The first-order valence-corrected chi connectivity index (χ1v) is 5.81. The van der Waals surface area contributed by atoms with E-state index in [0.717, 1.165) is 12.8 Å². The second-order valence-corrected chi connectivity index (χ2v) is 4.14. The third-order valence-corrected chi connectivity index (χ3v) is 3.15. The molecule has 0 spiro atoms. The van der Waals surface area contributed by atoms with Crippen molar-refractivity contribution in [3.05, 3.63) is 48.5 Å². The van der Waals surface area contributed by atoms with E-state index in [4.69, 9.17) is 0 Å². The van der Waals surface area contributed by atoms with Crippen LogP contribution in [0.4, 0.5) is 0 Å². The molecular formula is C15H13NO. The van der Waals surface area contributed by atoms with Gasteiger partial charge in [0.15, 0.2) is 0 Å². The highest BCUT2D eigenvalue weighted by molar-refractivity contribution is 6.07. The quantitative estimate of drug-likeness (QED) is 0.624. The van der Waals surface area contributed by atoms with Crippen LogP contribution in [0.1, 0.15) is 6.42 Å². The summed E-state index contributed by atoms with van der Waals surface area (Å²) in [6.45, 7) is 0.748. The van der Waals surface area contributed by atoms with Crippen molar-refractivity contribution in [2.24, 2.45) is 0 Å². The van der Waals surface area contributed by atoms with Crippen molar-refractivity contribution in [2.45, 2.75) is 13.0 Å². The Labute approximate surface area is 99.5 Å². The summed E-state index contributed by atoms with van der Waals surface area (Å²) in [7, 11) is 0. The van der Waals surface area contributed by atoms with Gasteiger partial charge in [-0.1, -0.05) is 36.4 Å². The summed E-state index contributed by atoms with van der Waals surface area (Å²) in [4.78, 5) is 10.6. The lowest BCUT2D eigenvalue weighted by Crippen LogP contribution is -1.97. The Morgan fingerprint density at radius 2 is 1.41 bits per heavy atom. The molecule has 0 fully saturated rings. The van der Waals surface area contributed by atoms with E-state index in [1.165, 1.54) is 21.8 Å². The zero-order chi connectivity index (χ0) is 11.7. The molecule has 0 saturated heterocycles. The number of carbonyl (C=O) groups excluding carboxylic acids is 1. The molecule has 0 bridgehead atoms. The number of carbonyl (C=O) groups is 1. The summed E-state index contributed by atoms with van der Waals surface area (Å²) < 4.78 is 2.22. The highest BCUT2D eigenvalue weighted by Gasteiger charge is 2.08. The van der Waals surface area contributed by atoms with Crippen LogP contribution in [0.5, 0.6) is 0 Å². The molecule has 1 aromatic heterocycles. The maximum Gasteiger partial charge on any atom is 0.121 e. The van der Waals surface area contributed by atoms with Crippen molar-refractivity contribution in [1.29, 1.82) is 0 Å². The van der Waals surface area contributed by atoms with E-state index in [1.807, 2.05) is 12.1 Å². The number of fused-ring (bicyclic) bond motifs is 3. The molecule has 0 amide bonds. The summed E-state index contributed by atoms with van der Waals surface area (Å²) in [5.41, 5.74) is 2.41. The molecule has 0 saturated carbocycles. The molecular weight excluding hydrogens is 210 g/mol. The van der Waals surface area contributed by atoms with Crippen LogP contribution in [0.2, 0.25) is 0 Å². The minimum absolute atomic E-state index is 0.558. The van der Waals surface area contributed by atoms with E-state index in [1.54, 1.807) is 0 Å². The van der Waals surface area contributed by atoms with Crippen molar-refractivity contribution in [3.8, 4) is 0 Å². The number of aryl methyl sites for hydroxylation is 1. The van der Waals surface area contributed by atoms with Gasteiger partial charge < -0.3 is 9.36 Å². The largest absolute Gasteiger partial charge is 0.340 e. The number of para-hydroxylation sites is 2. The van der Waals surface area contributed by atoms with E-state index in [-0.39, 0.29) is 0 Å². The summed E-state index contributed by atoms with van der Waals surface area (Å²) in [5.74, 6) is 0. The van der Waals surface area contributed by atoms with Gasteiger partial charge in [-0.3, -0.25) is 0 Å². The first kappa shape index (κ1) is 10.1. The van der Waals surface area contributed by atoms with Crippen LogP contribution in [0.25, 0.3) is 21.8 Å². The second kappa shape index (κ2) is 4.06. The van der Waals surface area contributed by atoms with Gasteiger partial charge in [-0.05, 0) is 12.1 Å². The van der Waals surface area contributed by atoms with Crippen LogP contribution in [-0.2, 0) is 11.3 Å². The fourth-order valence-electron chi connectivity index (χ4n) is 2.43. The SMILES string of the molecule is O=CCCn1c2ccccc2c2ccccc21. The smallest absolute Gasteiger partial charge is 0.121 e. The minimum atomic E-state index is 0.558. The number of aldehydes is 1. The van der Waals surface area contributed by atoms with Crippen molar-refractivity contribution in [2.75, 3.05) is 0 Å². The predicted molar refractivity (Wildman–Crippen MR) is 70.1 cm³/mol. The Balaban J connectivity index is 2.37. The molecule has 0 N–H and O–H groups in total. The van der Waals surface area contributed by atoms with Crippen LogP contribution in [0, 0.1) is 0 Å². The summed E-state index contributed by atoms with van der Waals surface area (Å²) >= 11 is 0. The van der Waals surface area contributed by atoms with Gasteiger partial charge in [0.25, 0.3) is 0 Å². The summed E-state index contributed by atoms with van der Waals surface area (Å²) in [5, 5.41) is 2.52. The standard InChI is InChI=1S/C15H13NO/c17-11-5-10-16-14-8-3-1-6-12(14)13-7-2-4-9-15(13)16/h1-4,6-9,11H,5,10H2. The molecule has 3 aromatic rings. The lowest BCUT2D eigenvalue weighted by molar-refractivity contribution is -0.108. The fraction of sp³-hybridized carbons (Fsp3) is 0.133. The van der Waals surface area contributed by atoms with Gasteiger partial charge in [0, 0.05) is 34.8 Å². The number of benzene rings is 2. The highest BCUT2D eigenvalue weighted by Crippen LogP contribution is 2.28. The van der Waals surface area contributed by atoms with Gasteiger partial charge in [0.1, 0.15) is 6.29 Å². The first-order chi connectivity index (χ1) is 8.42. The van der Waals surface area contributed by atoms with Crippen molar-refractivity contribution < 1.29 is 4.79 Å². The third-order valence-electron chi connectivity index (χ3n) is 3.15. The third kappa shape index (κ3) is 1.53. The molecule has 2 aromatic carbocycles. The van der Waals surface area contributed by atoms with E-state index < -0.39 is 0 Å². The van der Waals surface area contributed by atoms with Crippen LogP contribution < -0.4 is 0 Å². The van der Waals surface area contributed by atoms with Crippen molar-refractivity contribution >= 4 is 28.1 Å². The number of rotatable bonds is 3. The monoisotopic (exact) mass is 223 g/mol. The zero-order valence-corrected chi connectivity index (χ0v) is 9.47. The van der Waals surface area contributed by atoms with E-state index in [9.17, 15) is 4.79 Å². The normalized spacial score (nSPS) is 11.1. The Morgan fingerprint density at radius 3 is 1.94 bits per heavy atom. The maximum atomic E-state index is 10.6. The van der Waals surface area contributed by atoms with Crippen molar-refractivity contribution in [3.63, 3.8) is 0 Å². The number of nitrogens with zero attached hydrogens (tertiary/aromatic N) is 1. The van der Waals surface area contributed by atoms with Crippen LogP contribution >= 0.6 is 0 Å². The molecule has 0 aliphatic rings. The second-order valence-electron chi connectivity index (χ2n) is 4.14. The predicted octanol–water partition coefficient (Wildman–Crippen LogP) is 3.38. The van der Waals surface area contributed by atoms with Crippen molar-refractivity contribution in [1.82, 2.24) is 4.57 Å². The lowest BCUT2D eigenvalue weighted by Gasteiger charge is -2.03. The molecule has 2 heteroatoms. The lowest BCUT2D eigenvalue weighted by atomic mass is 10.2. The molecule has 0 aliphatic heterocycles. The average Bonchev–Trinajstić information content (AvgIpc) is 2.71. The van der Waals surface area contributed by atoms with E-state index in [2.05, 4.69) is 41.0 Å². The Morgan fingerprint density at radius 1 is 0.882 bits per heavy atom. The van der Waals surface area contributed by atoms with Crippen LogP contribution in [0.3, 0.4) is 0 Å². The topological polar surface area (TPSA) is 22.0 Å². The molecule has 2 nitrogen and oxygen atoms in total. The Bertz CT molecular complexity index is 628. The number of hydrogen-bond acceptors (Lipinski definition) is 1. The molecule has 0 aliphatic carbocycles. The van der Waals surface area contributed by atoms with Gasteiger partial charge in [-0.25, -0.2) is 0 Å². The summed E-state index contributed by atoms with van der Waals surface area (Å²) in [6.07, 6.45) is 1.53. The van der Waals surface area contributed by atoms with E-state index in [0.29, 0.717) is 6.42 Å². The highest BCUT2D eigenvalue weighted by atomic mass is 16.1. The molecule has 1 heterocycles. The Hall–Kier alpha value is -2.09. The van der Waals surface area contributed by atoms with Crippen LogP contribution in [0.15, 0.2) is 48.5 Å². The Kier molecular flexibility index (Phi) is 2.41. The molecule has 3 rings (SSSR count). The zero-order valence-electron chi connectivity index (χ0n) is 9.47. The summed E-state index contributed by atoms with van der Waals surface area (Å²) in [6, 6.07) is 16.7. The fourth-order valence-corrected chi connectivity index (χ4v) is 2.43. The molecule has 17 heavy (non-hydrogen) atoms. The average molecular weight is 223 g/mol. The van der Waals surface area contributed by atoms with Gasteiger partial charge >= 0.3 is 0 Å². The van der Waals surface area contributed by atoms with Gasteiger partial charge in [-0.2, -0.15) is 0 Å². The molecule has 0 atom stereocenters. The number of hydrogen-bond donors (Lipinski definition) is 0. The number of aromatic nitrogens is 1. The van der Waals surface area contributed by atoms with Crippen LogP contribution in [-0.4, -0.2) is 10.9 Å². The van der Waals surface area contributed by atoms with Gasteiger partial charge in [0.2, 0.25) is 0 Å². The minimum Gasteiger partial charge on any atom is -0.340 e. The first-order valence-electron chi connectivity index (χ1n) is 5.81. The van der Waals surface area contributed by atoms with E-state index >= 15 is 0 Å². The molecule has 84 valence electrons.